The number of fused-ring (bicyclic) bond motifs is 1. The lowest BCUT2D eigenvalue weighted by molar-refractivity contribution is 0.0926. The van der Waals surface area contributed by atoms with Gasteiger partial charge in [0, 0.05) is 36.0 Å². The molecule has 4 nitrogen and oxygen atoms in total. The number of carbonyl (C=O) groups is 1. The molecular formula is C19H27N3OS. The average Bonchev–Trinajstić information content (AvgIpc) is 3.04. The summed E-state index contributed by atoms with van der Waals surface area (Å²) in [7, 11) is 0. The number of nitrogens with one attached hydrogen (secondary N) is 3. The number of H-pyrrole nitrogens is 1. The first-order valence-corrected chi connectivity index (χ1v) is 10.2. The molecule has 0 radical (unpaired) electrons. The van der Waals surface area contributed by atoms with E-state index in [1.807, 2.05) is 37.0 Å². The summed E-state index contributed by atoms with van der Waals surface area (Å²) in [5, 5.41) is 7.96. The lowest BCUT2D eigenvalue weighted by Crippen LogP contribution is -2.42. The molecule has 1 fully saturated rings. The second kappa shape index (κ2) is 8.08. The normalized spacial score (nSPS) is 21.1. The zero-order valence-corrected chi connectivity index (χ0v) is 15.3. The Balaban J connectivity index is 1.57. The highest BCUT2D eigenvalue weighted by Crippen LogP contribution is 2.22. The summed E-state index contributed by atoms with van der Waals surface area (Å²) in [4.78, 5) is 15.9. The fourth-order valence-electron chi connectivity index (χ4n) is 3.57. The molecule has 3 rings (SSSR count). The summed E-state index contributed by atoms with van der Waals surface area (Å²) >= 11 is 1.88. The summed E-state index contributed by atoms with van der Waals surface area (Å²) < 4.78 is 0. The maximum absolute atomic E-state index is 12.7. The van der Waals surface area contributed by atoms with E-state index in [4.69, 9.17) is 0 Å². The number of aromatic amines is 1. The van der Waals surface area contributed by atoms with Crippen LogP contribution in [-0.4, -0.2) is 41.5 Å². The molecular weight excluding hydrogens is 318 g/mol. The van der Waals surface area contributed by atoms with Crippen LogP contribution in [0.5, 0.6) is 0 Å². The molecule has 1 aliphatic rings. The SMILES string of the molecule is CSCCNC1CCC(NC(=O)c2cc(C)cc3cc[nH]c23)CC1. The van der Waals surface area contributed by atoms with E-state index in [2.05, 4.69) is 27.9 Å². The van der Waals surface area contributed by atoms with Gasteiger partial charge in [-0.25, -0.2) is 0 Å². The van der Waals surface area contributed by atoms with E-state index >= 15 is 0 Å². The number of amides is 1. The van der Waals surface area contributed by atoms with E-state index in [0.717, 1.165) is 60.0 Å². The Morgan fingerprint density at radius 1 is 1.25 bits per heavy atom. The first-order valence-electron chi connectivity index (χ1n) is 8.78. The van der Waals surface area contributed by atoms with Gasteiger partial charge in [-0.2, -0.15) is 11.8 Å². The Morgan fingerprint density at radius 3 is 2.75 bits per heavy atom. The number of thioether (sulfide) groups is 1. The molecule has 5 heteroatoms. The van der Waals surface area contributed by atoms with E-state index in [1.165, 1.54) is 0 Å². The minimum atomic E-state index is 0.0462. The van der Waals surface area contributed by atoms with Crippen LogP contribution in [-0.2, 0) is 0 Å². The summed E-state index contributed by atoms with van der Waals surface area (Å²) in [6, 6.07) is 7.00. The molecule has 1 aromatic carbocycles. The monoisotopic (exact) mass is 345 g/mol. The Kier molecular flexibility index (Phi) is 5.85. The summed E-state index contributed by atoms with van der Waals surface area (Å²) in [6.07, 6.45) is 8.44. The van der Waals surface area contributed by atoms with Gasteiger partial charge in [0.05, 0.1) is 11.1 Å². The fraction of sp³-hybridized carbons (Fsp3) is 0.526. The van der Waals surface area contributed by atoms with Crippen molar-refractivity contribution in [2.24, 2.45) is 0 Å². The third-order valence-electron chi connectivity index (χ3n) is 4.85. The molecule has 1 heterocycles. The van der Waals surface area contributed by atoms with Gasteiger partial charge in [0.1, 0.15) is 0 Å². The van der Waals surface area contributed by atoms with Crippen LogP contribution in [0.25, 0.3) is 10.9 Å². The minimum absolute atomic E-state index is 0.0462. The largest absolute Gasteiger partial charge is 0.361 e. The highest BCUT2D eigenvalue weighted by Gasteiger charge is 2.23. The lowest BCUT2D eigenvalue weighted by atomic mass is 9.91. The molecule has 0 atom stereocenters. The number of carbonyl (C=O) groups excluding carboxylic acids is 1. The van der Waals surface area contributed by atoms with Crippen molar-refractivity contribution in [3.05, 3.63) is 35.5 Å². The van der Waals surface area contributed by atoms with Gasteiger partial charge >= 0.3 is 0 Å². The molecule has 0 spiro atoms. The van der Waals surface area contributed by atoms with Crippen molar-refractivity contribution >= 4 is 28.6 Å². The maximum Gasteiger partial charge on any atom is 0.253 e. The number of aromatic nitrogens is 1. The Hall–Kier alpha value is -1.46. The van der Waals surface area contributed by atoms with Crippen LogP contribution in [0.4, 0.5) is 0 Å². The van der Waals surface area contributed by atoms with Crippen LogP contribution in [0.2, 0.25) is 0 Å². The molecule has 3 N–H and O–H groups in total. The van der Waals surface area contributed by atoms with E-state index in [1.54, 1.807) is 0 Å². The molecule has 130 valence electrons. The van der Waals surface area contributed by atoms with Gasteiger partial charge in [0.15, 0.2) is 0 Å². The number of rotatable bonds is 6. The smallest absolute Gasteiger partial charge is 0.253 e. The van der Waals surface area contributed by atoms with Gasteiger partial charge in [-0.05, 0) is 62.6 Å². The zero-order chi connectivity index (χ0) is 16.9. The Morgan fingerprint density at radius 2 is 2.00 bits per heavy atom. The molecule has 24 heavy (non-hydrogen) atoms. The standard InChI is InChI=1S/C19H27N3OS/c1-13-11-14-7-8-21-18(14)17(12-13)19(23)22-16-5-3-15(4-6-16)20-9-10-24-2/h7-8,11-12,15-16,20-21H,3-6,9-10H2,1-2H3,(H,22,23). The van der Waals surface area contributed by atoms with Gasteiger partial charge in [0.25, 0.3) is 5.91 Å². The molecule has 1 amide bonds. The topological polar surface area (TPSA) is 56.9 Å². The molecule has 1 aliphatic carbocycles. The third kappa shape index (κ3) is 4.14. The van der Waals surface area contributed by atoms with E-state index in [9.17, 15) is 4.79 Å². The van der Waals surface area contributed by atoms with Crippen LogP contribution in [0, 0.1) is 6.92 Å². The number of hydrogen-bond donors (Lipinski definition) is 3. The zero-order valence-electron chi connectivity index (χ0n) is 14.5. The quantitative estimate of drug-likeness (QED) is 0.703. The maximum atomic E-state index is 12.7. The lowest BCUT2D eigenvalue weighted by Gasteiger charge is -2.29. The van der Waals surface area contributed by atoms with Gasteiger partial charge in [-0.1, -0.05) is 0 Å². The molecule has 0 bridgehead atoms. The summed E-state index contributed by atoms with van der Waals surface area (Å²) in [6.45, 7) is 3.12. The Bertz CT molecular complexity index is 689. The van der Waals surface area contributed by atoms with Crippen LogP contribution < -0.4 is 10.6 Å². The fourth-order valence-corrected chi connectivity index (χ4v) is 3.89. The number of hydrogen-bond acceptors (Lipinski definition) is 3. The highest BCUT2D eigenvalue weighted by atomic mass is 32.2. The van der Waals surface area contributed by atoms with Crippen LogP contribution in [0.3, 0.4) is 0 Å². The van der Waals surface area contributed by atoms with Crippen molar-refractivity contribution in [3.8, 4) is 0 Å². The van der Waals surface area contributed by atoms with Crippen molar-refractivity contribution in [2.75, 3.05) is 18.6 Å². The molecule has 1 saturated carbocycles. The first kappa shape index (κ1) is 17.4. The Labute approximate surface area is 148 Å². The van der Waals surface area contributed by atoms with Crippen molar-refractivity contribution in [2.45, 2.75) is 44.7 Å². The highest BCUT2D eigenvalue weighted by molar-refractivity contribution is 7.98. The second-order valence-electron chi connectivity index (χ2n) is 6.72. The number of benzene rings is 1. The van der Waals surface area contributed by atoms with Crippen molar-refractivity contribution in [1.82, 2.24) is 15.6 Å². The van der Waals surface area contributed by atoms with Crippen molar-refractivity contribution < 1.29 is 4.79 Å². The molecule has 0 aliphatic heterocycles. The predicted octanol–water partition coefficient (Wildman–Crippen LogP) is 3.47. The third-order valence-corrected chi connectivity index (χ3v) is 5.46. The van der Waals surface area contributed by atoms with E-state index in [-0.39, 0.29) is 5.91 Å². The van der Waals surface area contributed by atoms with Crippen molar-refractivity contribution in [3.63, 3.8) is 0 Å². The van der Waals surface area contributed by atoms with E-state index < -0.39 is 0 Å². The summed E-state index contributed by atoms with van der Waals surface area (Å²) in [5.41, 5.74) is 2.81. The van der Waals surface area contributed by atoms with Crippen molar-refractivity contribution in [1.29, 1.82) is 0 Å². The molecule has 2 aromatic rings. The average molecular weight is 346 g/mol. The van der Waals surface area contributed by atoms with Crippen LogP contribution in [0.1, 0.15) is 41.6 Å². The van der Waals surface area contributed by atoms with Gasteiger partial charge in [-0.3, -0.25) is 4.79 Å². The second-order valence-corrected chi connectivity index (χ2v) is 7.71. The molecule has 1 aromatic heterocycles. The van der Waals surface area contributed by atoms with E-state index in [0.29, 0.717) is 12.1 Å². The number of aryl methyl sites for hydroxylation is 1. The molecule has 0 saturated heterocycles. The van der Waals surface area contributed by atoms with Crippen LogP contribution in [0.15, 0.2) is 24.4 Å². The molecule has 0 unspecified atom stereocenters. The first-order chi connectivity index (χ1) is 11.7. The van der Waals surface area contributed by atoms with Crippen LogP contribution >= 0.6 is 11.8 Å². The van der Waals surface area contributed by atoms with Gasteiger partial charge in [-0.15, -0.1) is 0 Å². The summed E-state index contributed by atoms with van der Waals surface area (Å²) in [5.74, 6) is 1.21. The van der Waals surface area contributed by atoms with Gasteiger partial charge < -0.3 is 15.6 Å². The minimum Gasteiger partial charge on any atom is -0.361 e. The predicted molar refractivity (Wildman–Crippen MR) is 103 cm³/mol. The van der Waals surface area contributed by atoms with Gasteiger partial charge in [0.2, 0.25) is 0 Å².